The normalized spacial score (nSPS) is 12.4. The van der Waals surface area contributed by atoms with Crippen molar-refractivity contribution in [3.63, 3.8) is 0 Å². The van der Waals surface area contributed by atoms with E-state index in [1.54, 1.807) is 0 Å². The van der Waals surface area contributed by atoms with Crippen LogP contribution in [0.5, 0.6) is 5.75 Å². The zero-order chi connectivity index (χ0) is 20.0. The predicted octanol–water partition coefficient (Wildman–Crippen LogP) is 7.30. The van der Waals surface area contributed by atoms with E-state index >= 15 is 0 Å². The van der Waals surface area contributed by atoms with Gasteiger partial charge in [-0.1, -0.05) is 65.3 Å². The van der Waals surface area contributed by atoms with Crippen molar-refractivity contribution in [1.29, 1.82) is 0 Å². The molecule has 142 valence electrons. The summed E-state index contributed by atoms with van der Waals surface area (Å²) >= 11 is 6.00. The zero-order valence-electron chi connectivity index (χ0n) is 16.9. The summed E-state index contributed by atoms with van der Waals surface area (Å²) in [4.78, 5) is 3.40. The van der Waals surface area contributed by atoms with E-state index < -0.39 is 0 Å². The summed E-state index contributed by atoms with van der Waals surface area (Å²) in [5.41, 5.74) is 5.99. The number of benzene rings is 2. The summed E-state index contributed by atoms with van der Waals surface area (Å²) in [5.74, 6) is 0.406. The third-order valence-corrected chi connectivity index (χ3v) is 5.15. The summed E-state index contributed by atoms with van der Waals surface area (Å²) in [5, 5.41) is 11.7. The van der Waals surface area contributed by atoms with Crippen LogP contribution in [-0.4, -0.2) is 10.1 Å². The number of phenolic OH excluding ortho intramolecular Hbond substituents is 1. The molecular formula is C24H28ClNO. The number of hydrogen-bond donors (Lipinski definition) is 2. The van der Waals surface area contributed by atoms with Crippen molar-refractivity contribution in [2.24, 2.45) is 0 Å². The van der Waals surface area contributed by atoms with Gasteiger partial charge in [0.2, 0.25) is 0 Å². The fourth-order valence-corrected chi connectivity index (χ4v) is 3.43. The van der Waals surface area contributed by atoms with Gasteiger partial charge >= 0.3 is 0 Å². The number of aromatic nitrogens is 1. The number of halogens is 1. The Hall–Kier alpha value is -2.19. The summed E-state index contributed by atoms with van der Waals surface area (Å²) in [6.07, 6.45) is 2.01. The molecule has 0 aliphatic carbocycles. The molecule has 0 amide bonds. The summed E-state index contributed by atoms with van der Waals surface area (Å²) in [6.45, 7) is 12.8. The number of rotatable bonds is 2. The molecule has 27 heavy (non-hydrogen) atoms. The van der Waals surface area contributed by atoms with E-state index in [4.69, 9.17) is 11.6 Å². The molecule has 0 bridgehead atoms. The maximum Gasteiger partial charge on any atom is 0.123 e. The van der Waals surface area contributed by atoms with Gasteiger partial charge < -0.3 is 10.1 Å². The molecule has 1 aromatic heterocycles. The third kappa shape index (κ3) is 4.06. The fourth-order valence-electron chi connectivity index (χ4n) is 3.30. The Morgan fingerprint density at radius 3 is 1.74 bits per heavy atom. The minimum absolute atomic E-state index is 0.147. The monoisotopic (exact) mass is 381 g/mol. The molecule has 3 aromatic rings. The Morgan fingerprint density at radius 2 is 1.26 bits per heavy atom. The van der Waals surface area contributed by atoms with Crippen LogP contribution in [0.4, 0.5) is 0 Å². The van der Waals surface area contributed by atoms with Crippen molar-refractivity contribution in [3.8, 4) is 28.1 Å². The maximum atomic E-state index is 10.9. The molecule has 2 nitrogen and oxygen atoms in total. The summed E-state index contributed by atoms with van der Waals surface area (Å²) in [7, 11) is 0. The fraction of sp³-hybridized carbons (Fsp3) is 0.333. The van der Waals surface area contributed by atoms with Crippen LogP contribution in [0.1, 0.15) is 52.7 Å². The lowest BCUT2D eigenvalue weighted by atomic mass is 9.78. The second-order valence-electron chi connectivity index (χ2n) is 9.23. The topological polar surface area (TPSA) is 36.0 Å². The van der Waals surface area contributed by atoms with Gasteiger partial charge in [0, 0.05) is 28.0 Å². The van der Waals surface area contributed by atoms with Gasteiger partial charge in [0.05, 0.1) is 0 Å². The second-order valence-corrected chi connectivity index (χ2v) is 9.67. The number of phenols is 1. The van der Waals surface area contributed by atoms with Gasteiger partial charge in [-0.05, 0) is 57.9 Å². The second kappa shape index (κ2) is 6.76. The molecule has 2 aromatic carbocycles. The first kappa shape index (κ1) is 19.6. The first-order chi connectivity index (χ1) is 12.5. The molecule has 1 heterocycles. The quantitative estimate of drug-likeness (QED) is 0.479. The molecule has 2 N–H and O–H groups in total. The molecule has 0 atom stereocenters. The van der Waals surface area contributed by atoms with Crippen LogP contribution >= 0.6 is 11.6 Å². The molecule has 0 aliphatic rings. The predicted molar refractivity (Wildman–Crippen MR) is 116 cm³/mol. The minimum Gasteiger partial charge on any atom is -0.507 e. The lowest BCUT2D eigenvalue weighted by Crippen LogP contribution is -2.17. The highest BCUT2D eigenvalue weighted by Crippen LogP contribution is 2.42. The van der Waals surface area contributed by atoms with Gasteiger partial charge in [-0.15, -0.1) is 0 Å². The SMILES string of the molecule is CC(C)(C)c1cc(-c2cc(-c3ccc(Cl)cc3)c[nH]2)cc(C(C)(C)C)c1O. The van der Waals surface area contributed by atoms with Crippen molar-refractivity contribution in [2.75, 3.05) is 0 Å². The summed E-state index contributed by atoms with van der Waals surface area (Å²) < 4.78 is 0. The van der Waals surface area contributed by atoms with Crippen molar-refractivity contribution < 1.29 is 5.11 Å². The summed E-state index contributed by atoms with van der Waals surface area (Å²) in [6, 6.07) is 14.2. The van der Waals surface area contributed by atoms with Crippen molar-refractivity contribution >= 4 is 11.6 Å². The molecule has 0 fully saturated rings. The molecule has 3 rings (SSSR count). The zero-order valence-corrected chi connectivity index (χ0v) is 17.7. The van der Waals surface area contributed by atoms with E-state index in [-0.39, 0.29) is 10.8 Å². The Morgan fingerprint density at radius 1 is 0.741 bits per heavy atom. The Kier molecular flexibility index (Phi) is 4.90. The molecule has 0 saturated heterocycles. The smallest absolute Gasteiger partial charge is 0.123 e. The Bertz CT molecular complexity index is 918. The largest absolute Gasteiger partial charge is 0.507 e. The number of nitrogens with one attached hydrogen (secondary N) is 1. The van der Waals surface area contributed by atoms with Crippen LogP contribution < -0.4 is 0 Å². The molecular weight excluding hydrogens is 354 g/mol. The van der Waals surface area contributed by atoms with Gasteiger partial charge in [0.1, 0.15) is 5.75 Å². The average Bonchev–Trinajstić information content (AvgIpc) is 3.03. The lowest BCUT2D eigenvalue weighted by molar-refractivity contribution is 0.423. The van der Waals surface area contributed by atoms with E-state index in [2.05, 4.69) is 64.7 Å². The maximum absolute atomic E-state index is 10.9. The highest BCUT2D eigenvalue weighted by molar-refractivity contribution is 6.30. The van der Waals surface area contributed by atoms with Crippen LogP contribution in [0, 0.1) is 0 Å². The van der Waals surface area contributed by atoms with Crippen LogP contribution in [0.15, 0.2) is 48.7 Å². The Balaban J connectivity index is 2.13. The molecule has 0 radical (unpaired) electrons. The Labute approximate surface area is 167 Å². The van der Waals surface area contributed by atoms with Gasteiger partial charge in [-0.25, -0.2) is 0 Å². The standard InChI is InChI=1S/C24H28ClNO/c1-23(2,3)19-11-16(12-20(22(19)27)24(4,5)6)21-13-17(14-26-21)15-7-9-18(25)10-8-15/h7-14,26-27H,1-6H3. The van der Waals surface area contributed by atoms with E-state index in [1.165, 1.54) is 0 Å². The molecule has 0 aliphatic heterocycles. The molecule has 0 spiro atoms. The number of H-pyrrole nitrogens is 1. The van der Waals surface area contributed by atoms with Crippen LogP contribution in [0.2, 0.25) is 5.02 Å². The van der Waals surface area contributed by atoms with E-state index in [0.717, 1.165) is 38.5 Å². The van der Waals surface area contributed by atoms with Gasteiger partial charge in [-0.3, -0.25) is 0 Å². The molecule has 0 saturated carbocycles. The van der Waals surface area contributed by atoms with Crippen molar-refractivity contribution in [3.05, 3.63) is 64.8 Å². The first-order valence-corrected chi connectivity index (χ1v) is 9.67. The van der Waals surface area contributed by atoms with Gasteiger partial charge in [-0.2, -0.15) is 0 Å². The van der Waals surface area contributed by atoms with Gasteiger partial charge in [0.25, 0.3) is 0 Å². The number of aromatic amines is 1. The van der Waals surface area contributed by atoms with Crippen molar-refractivity contribution in [1.82, 2.24) is 4.98 Å². The first-order valence-electron chi connectivity index (χ1n) is 9.29. The van der Waals surface area contributed by atoms with Crippen LogP contribution in [-0.2, 0) is 10.8 Å². The van der Waals surface area contributed by atoms with E-state index in [1.807, 2.05) is 30.5 Å². The average molecular weight is 382 g/mol. The van der Waals surface area contributed by atoms with Gasteiger partial charge in [0.15, 0.2) is 0 Å². The number of hydrogen-bond acceptors (Lipinski definition) is 1. The molecule has 0 unspecified atom stereocenters. The highest BCUT2D eigenvalue weighted by Gasteiger charge is 2.27. The third-order valence-electron chi connectivity index (χ3n) is 4.90. The van der Waals surface area contributed by atoms with Crippen LogP contribution in [0.25, 0.3) is 22.4 Å². The molecule has 3 heteroatoms. The van der Waals surface area contributed by atoms with Crippen LogP contribution in [0.3, 0.4) is 0 Å². The number of aromatic hydroxyl groups is 1. The lowest BCUT2D eigenvalue weighted by Gasteiger charge is -2.28. The van der Waals surface area contributed by atoms with E-state index in [0.29, 0.717) is 5.75 Å². The van der Waals surface area contributed by atoms with Crippen molar-refractivity contribution in [2.45, 2.75) is 52.4 Å². The van der Waals surface area contributed by atoms with E-state index in [9.17, 15) is 5.11 Å². The minimum atomic E-state index is -0.147. The highest BCUT2D eigenvalue weighted by atomic mass is 35.5.